The minimum atomic E-state index is -0.796. The number of aromatic nitrogens is 1. The lowest BCUT2D eigenvalue weighted by molar-refractivity contribution is -0.136. The Morgan fingerprint density at radius 2 is 1.92 bits per heavy atom. The number of carbonyl (C=O) groups is 2. The molecule has 0 fully saturated rings. The molecule has 1 aromatic heterocycles. The highest BCUT2D eigenvalue weighted by Crippen LogP contribution is 2.22. The van der Waals surface area contributed by atoms with E-state index in [0.29, 0.717) is 27.9 Å². The van der Waals surface area contributed by atoms with E-state index in [0.717, 1.165) is 0 Å². The molecule has 0 aliphatic heterocycles. The zero-order chi connectivity index (χ0) is 17.5. The maximum atomic E-state index is 11.9. The number of ether oxygens (including phenoxy) is 2. The molecule has 8 heteroatoms. The van der Waals surface area contributed by atoms with Crippen molar-refractivity contribution in [2.75, 3.05) is 19.5 Å². The van der Waals surface area contributed by atoms with Crippen molar-refractivity contribution in [1.82, 2.24) is 10.3 Å². The van der Waals surface area contributed by atoms with Gasteiger partial charge in [-0.25, -0.2) is 4.98 Å². The number of benzene rings is 1. The fourth-order valence-corrected chi connectivity index (χ4v) is 2.05. The van der Waals surface area contributed by atoms with Crippen LogP contribution in [0.15, 0.2) is 36.5 Å². The van der Waals surface area contributed by atoms with Crippen LogP contribution in [0.3, 0.4) is 0 Å². The number of pyridine rings is 1. The third-order valence-electron chi connectivity index (χ3n) is 3.10. The lowest BCUT2D eigenvalue weighted by atomic mass is 10.2. The van der Waals surface area contributed by atoms with Crippen molar-refractivity contribution >= 4 is 29.1 Å². The molecule has 2 N–H and O–H groups in total. The molecule has 2 amide bonds. The van der Waals surface area contributed by atoms with Crippen LogP contribution in [0.2, 0.25) is 5.02 Å². The minimum Gasteiger partial charge on any atom is -0.496 e. The minimum absolute atomic E-state index is 0.132. The molecule has 0 unspecified atom stereocenters. The van der Waals surface area contributed by atoms with Crippen molar-refractivity contribution < 1.29 is 19.1 Å². The summed E-state index contributed by atoms with van der Waals surface area (Å²) in [6, 6.07) is 8.18. The molecule has 2 aromatic rings. The lowest BCUT2D eigenvalue weighted by Crippen LogP contribution is -2.35. The van der Waals surface area contributed by atoms with Gasteiger partial charge in [-0.1, -0.05) is 17.7 Å². The van der Waals surface area contributed by atoms with Crippen LogP contribution in [0, 0.1) is 0 Å². The molecule has 0 aliphatic rings. The molecule has 0 saturated carbocycles. The van der Waals surface area contributed by atoms with Crippen molar-refractivity contribution in [3.63, 3.8) is 0 Å². The Hall–Kier alpha value is -2.80. The van der Waals surface area contributed by atoms with E-state index >= 15 is 0 Å². The highest BCUT2D eigenvalue weighted by molar-refractivity contribution is 6.39. The standard InChI is InChI=1S/C16H16ClN3O4/c1-23-13-7-11(17)4-3-10(13)8-19-15(21)16(22)20-12-5-6-14(24-2)18-9-12/h3-7,9H,8H2,1-2H3,(H,19,21)(H,20,22). The molecule has 2 rings (SSSR count). The number of rotatable bonds is 5. The Morgan fingerprint density at radius 3 is 2.54 bits per heavy atom. The summed E-state index contributed by atoms with van der Waals surface area (Å²) in [5, 5.41) is 5.48. The molecular weight excluding hydrogens is 334 g/mol. The van der Waals surface area contributed by atoms with Crippen molar-refractivity contribution in [2.24, 2.45) is 0 Å². The number of halogens is 1. The van der Waals surface area contributed by atoms with Gasteiger partial charge in [0.15, 0.2) is 0 Å². The summed E-state index contributed by atoms with van der Waals surface area (Å²) in [4.78, 5) is 27.7. The van der Waals surface area contributed by atoms with Crippen LogP contribution in [0.4, 0.5) is 5.69 Å². The number of hydrogen-bond donors (Lipinski definition) is 2. The molecule has 0 spiro atoms. The van der Waals surface area contributed by atoms with Crippen LogP contribution in [0.1, 0.15) is 5.56 Å². The van der Waals surface area contributed by atoms with Crippen LogP contribution in [0.5, 0.6) is 11.6 Å². The van der Waals surface area contributed by atoms with Crippen molar-refractivity contribution in [3.05, 3.63) is 47.1 Å². The number of anilines is 1. The Balaban J connectivity index is 1.93. The molecule has 0 aliphatic carbocycles. The molecule has 0 bridgehead atoms. The zero-order valence-electron chi connectivity index (χ0n) is 13.1. The predicted molar refractivity (Wildman–Crippen MR) is 89.3 cm³/mol. The normalized spacial score (nSPS) is 9.96. The second-order valence-corrected chi connectivity index (χ2v) is 5.12. The first-order chi connectivity index (χ1) is 11.5. The van der Waals surface area contributed by atoms with E-state index < -0.39 is 11.8 Å². The van der Waals surface area contributed by atoms with Gasteiger partial charge in [0.1, 0.15) is 5.75 Å². The number of methoxy groups -OCH3 is 2. The van der Waals surface area contributed by atoms with Gasteiger partial charge in [0, 0.05) is 23.2 Å². The van der Waals surface area contributed by atoms with E-state index in [2.05, 4.69) is 15.6 Å². The van der Waals surface area contributed by atoms with Gasteiger partial charge in [0.05, 0.1) is 26.1 Å². The number of amides is 2. The van der Waals surface area contributed by atoms with Crippen LogP contribution in [-0.4, -0.2) is 31.0 Å². The van der Waals surface area contributed by atoms with Crippen LogP contribution >= 0.6 is 11.6 Å². The quantitative estimate of drug-likeness (QED) is 0.806. The average Bonchev–Trinajstić information content (AvgIpc) is 2.60. The summed E-state index contributed by atoms with van der Waals surface area (Å²) < 4.78 is 10.1. The van der Waals surface area contributed by atoms with Gasteiger partial charge in [0.25, 0.3) is 0 Å². The zero-order valence-corrected chi connectivity index (χ0v) is 13.9. The van der Waals surface area contributed by atoms with Gasteiger partial charge in [-0.2, -0.15) is 0 Å². The Morgan fingerprint density at radius 1 is 1.12 bits per heavy atom. The maximum Gasteiger partial charge on any atom is 0.313 e. The molecule has 0 atom stereocenters. The van der Waals surface area contributed by atoms with Gasteiger partial charge in [-0.15, -0.1) is 0 Å². The van der Waals surface area contributed by atoms with E-state index in [-0.39, 0.29) is 6.54 Å². The van der Waals surface area contributed by atoms with E-state index in [9.17, 15) is 9.59 Å². The molecular formula is C16H16ClN3O4. The predicted octanol–water partition coefficient (Wildman–Crippen LogP) is 2.01. The highest BCUT2D eigenvalue weighted by Gasteiger charge is 2.14. The van der Waals surface area contributed by atoms with E-state index in [4.69, 9.17) is 21.1 Å². The van der Waals surface area contributed by atoms with Gasteiger partial charge < -0.3 is 20.1 Å². The molecule has 1 heterocycles. The van der Waals surface area contributed by atoms with Crippen molar-refractivity contribution in [3.8, 4) is 11.6 Å². The van der Waals surface area contributed by atoms with Crippen LogP contribution in [0.25, 0.3) is 0 Å². The second-order valence-electron chi connectivity index (χ2n) is 4.68. The molecule has 0 saturated heterocycles. The molecule has 126 valence electrons. The maximum absolute atomic E-state index is 11.9. The summed E-state index contributed by atoms with van der Waals surface area (Å²) >= 11 is 5.87. The first-order valence-electron chi connectivity index (χ1n) is 6.95. The second kappa shape index (κ2) is 8.16. The summed E-state index contributed by atoms with van der Waals surface area (Å²) in [6.45, 7) is 0.132. The lowest BCUT2D eigenvalue weighted by Gasteiger charge is -2.10. The number of hydrogen-bond acceptors (Lipinski definition) is 5. The van der Waals surface area contributed by atoms with Gasteiger partial charge in [-0.05, 0) is 18.2 Å². The molecule has 1 aromatic carbocycles. The average molecular weight is 350 g/mol. The summed E-state index contributed by atoms with van der Waals surface area (Å²) in [5.41, 5.74) is 1.09. The number of carbonyl (C=O) groups excluding carboxylic acids is 2. The monoisotopic (exact) mass is 349 g/mol. The fourth-order valence-electron chi connectivity index (χ4n) is 1.88. The Bertz CT molecular complexity index is 735. The van der Waals surface area contributed by atoms with Crippen molar-refractivity contribution in [1.29, 1.82) is 0 Å². The molecule has 7 nitrogen and oxygen atoms in total. The Labute approximate surface area is 143 Å². The number of nitrogens with zero attached hydrogens (tertiary/aromatic N) is 1. The van der Waals surface area contributed by atoms with Crippen LogP contribution < -0.4 is 20.1 Å². The topological polar surface area (TPSA) is 89.5 Å². The van der Waals surface area contributed by atoms with Crippen molar-refractivity contribution in [2.45, 2.75) is 6.54 Å². The smallest absolute Gasteiger partial charge is 0.313 e. The van der Waals surface area contributed by atoms with Gasteiger partial charge in [0.2, 0.25) is 5.88 Å². The Kier molecular flexibility index (Phi) is 5.97. The first kappa shape index (κ1) is 17.6. The van der Waals surface area contributed by atoms with Crippen LogP contribution in [-0.2, 0) is 16.1 Å². The van der Waals surface area contributed by atoms with E-state index in [1.165, 1.54) is 20.4 Å². The third-order valence-corrected chi connectivity index (χ3v) is 3.33. The van der Waals surface area contributed by atoms with Gasteiger partial charge in [-0.3, -0.25) is 9.59 Å². The van der Waals surface area contributed by atoms with Gasteiger partial charge >= 0.3 is 11.8 Å². The summed E-state index contributed by atoms with van der Waals surface area (Å²) in [6.07, 6.45) is 1.40. The highest BCUT2D eigenvalue weighted by atomic mass is 35.5. The van der Waals surface area contributed by atoms with E-state index in [1.807, 2.05) is 0 Å². The molecule has 0 radical (unpaired) electrons. The largest absolute Gasteiger partial charge is 0.496 e. The fraction of sp³-hybridized carbons (Fsp3) is 0.188. The SMILES string of the molecule is COc1ccc(NC(=O)C(=O)NCc2ccc(Cl)cc2OC)cn1. The summed E-state index contributed by atoms with van der Waals surface area (Å²) in [7, 11) is 2.99. The first-order valence-corrected chi connectivity index (χ1v) is 7.33. The molecule has 24 heavy (non-hydrogen) atoms. The third kappa shape index (κ3) is 4.60. The number of nitrogens with one attached hydrogen (secondary N) is 2. The van der Waals surface area contributed by atoms with E-state index in [1.54, 1.807) is 30.3 Å². The summed E-state index contributed by atoms with van der Waals surface area (Å²) in [5.74, 6) is -0.632.